The third-order valence-electron chi connectivity index (χ3n) is 3.25. The van der Waals surface area contributed by atoms with Gasteiger partial charge in [-0.15, -0.1) is 0 Å². The average Bonchev–Trinajstić information content (AvgIpc) is 2.58. The molecular weight excluding hydrogens is 312 g/mol. The fourth-order valence-electron chi connectivity index (χ4n) is 2.10. The molecule has 2 rings (SSSR count). The number of esters is 1. The lowest BCUT2D eigenvalue weighted by Crippen LogP contribution is -2.30. The Kier molecular flexibility index (Phi) is 6.75. The van der Waals surface area contributed by atoms with Crippen LogP contribution in [0.3, 0.4) is 0 Å². The minimum absolute atomic E-state index is 0.209. The first-order chi connectivity index (χ1) is 11.2. The Labute approximate surface area is 139 Å². The van der Waals surface area contributed by atoms with Gasteiger partial charge in [0.05, 0.1) is 19.2 Å². The molecule has 0 heterocycles. The number of anilines is 1. The second kappa shape index (κ2) is 9.05. The lowest BCUT2D eigenvalue weighted by Gasteiger charge is -2.10. The van der Waals surface area contributed by atoms with Gasteiger partial charge in [-0.2, -0.15) is 11.8 Å². The number of urea groups is 1. The Morgan fingerprint density at radius 1 is 1.09 bits per heavy atom. The second-order valence-corrected chi connectivity index (χ2v) is 6.07. The van der Waals surface area contributed by atoms with Crippen LogP contribution in [0.2, 0.25) is 0 Å². The van der Waals surface area contributed by atoms with Crippen molar-refractivity contribution in [2.75, 3.05) is 30.5 Å². The molecule has 2 N–H and O–H groups in total. The van der Waals surface area contributed by atoms with Crippen molar-refractivity contribution in [1.82, 2.24) is 5.32 Å². The van der Waals surface area contributed by atoms with E-state index in [1.165, 1.54) is 7.11 Å². The fraction of sp³-hybridized carbons (Fsp3) is 0.294. The third kappa shape index (κ3) is 5.49. The van der Waals surface area contributed by atoms with Crippen LogP contribution in [0.15, 0.2) is 42.5 Å². The Morgan fingerprint density at radius 3 is 2.70 bits per heavy atom. The highest BCUT2D eigenvalue weighted by Gasteiger charge is 2.05. The summed E-state index contributed by atoms with van der Waals surface area (Å²) in [5, 5.41) is 7.78. The van der Waals surface area contributed by atoms with E-state index in [9.17, 15) is 9.59 Å². The number of fused-ring (bicyclic) bond motifs is 1. The predicted octanol–water partition coefficient (Wildman–Crippen LogP) is 3.26. The van der Waals surface area contributed by atoms with Gasteiger partial charge < -0.3 is 15.4 Å². The summed E-state index contributed by atoms with van der Waals surface area (Å²) < 4.78 is 4.56. The van der Waals surface area contributed by atoms with Crippen LogP contribution in [0.5, 0.6) is 0 Å². The van der Waals surface area contributed by atoms with Crippen molar-refractivity contribution < 1.29 is 14.3 Å². The summed E-state index contributed by atoms with van der Waals surface area (Å²) in [5.41, 5.74) is 0.791. The lowest BCUT2D eigenvalue weighted by molar-refractivity contribution is -0.140. The van der Waals surface area contributed by atoms with Crippen molar-refractivity contribution in [3.05, 3.63) is 42.5 Å². The molecule has 0 aliphatic carbocycles. The van der Waals surface area contributed by atoms with Crippen LogP contribution in [0, 0.1) is 0 Å². The van der Waals surface area contributed by atoms with E-state index < -0.39 is 0 Å². The molecular formula is C17H20N2O3S. The standard InChI is InChI=1S/C17H20N2O3S/c1-22-16(20)9-11-23-12-10-18-17(21)19-15-8-4-6-13-5-2-3-7-14(13)15/h2-8H,9-12H2,1H3,(H2,18,19,21). The van der Waals surface area contributed by atoms with Crippen LogP contribution in [0.25, 0.3) is 10.8 Å². The zero-order chi connectivity index (χ0) is 16.5. The van der Waals surface area contributed by atoms with Crippen LogP contribution >= 0.6 is 11.8 Å². The molecule has 0 aliphatic heterocycles. The van der Waals surface area contributed by atoms with Crippen LogP contribution in [0.4, 0.5) is 10.5 Å². The predicted molar refractivity (Wildman–Crippen MR) is 94.9 cm³/mol. The highest BCUT2D eigenvalue weighted by Crippen LogP contribution is 2.22. The van der Waals surface area contributed by atoms with Gasteiger partial charge in [-0.3, -0.25) is 4.79 Å². The maximum absolute atomic E-state index is 11.9. The number of nitrogens with one attached hydrogen (secondary N) is 2. The Hall–Kier alpha value is -2.21. The molecule has 5 nitrogen and oxygen atoms in total. The largest absolute Gasteiger partial charge is 0.469 e. The SMILES string of the molecule is COC(=O)CCSCCNC(=O)Nc1cccc2ccccc12. The topological polar surface area (TPSA) is 67.4 Å². The molecule has 2 amide bonds. The van der Waals surface area contributed by atoms with Crippen molar-refractivity contribution in [2.24, 2.45) is 0 Å². The Balaban J connectivity index is 1.73. The van der Waals surface area contributed by atoms with Crippen LogP contribution in [-0.2, 0) is 9.53 Å². The normalized spacial score (nSPS) is 10.3. The first-order valence-corrected chi connectivity index (χ1v) is 8.53. The van der Waals surface area contributed by atoms with E-state index in [-0.39, 0.29) is 12.0 Å². The van der Waals surface area contributed by atoms with E-state index >= 15 is 0 Å². The zero-order valence-corrected chi connectivity index (χ0v) is 13.8. The molecule has 0 aromatic heterocycles. The van der Waals surface area contributed by atoms with Crippen molar-refractivity contribution >= 4 is 40.2 Å². The number of carbonyl (C=O) groups excluding carboxylic acids is 2. The van der Waals surface area contributed by atoms with Gasteiger partial charge in [0.2, 0.25) is 0 Å². The number of carbonyl (C=O) groups is 2. The maximum Gasteiger partial charge on any atom is 0.319 e. The number of ether oxygens (including phenoxy) is 1. The minimum Gasteiger partial charge on any atom is -0.469 e. The van der Waals surface area contributed by atoms with Crippen molar-refractivity contribution in [1.29, 1.82) is 0 Å². The molecule has 6 heteroatoms. The summed E-state index contributed by atoms with van der Waals surface area (Å²) in [5.74, 6) is 1.23. The number of rotatable bonds is 7. The number of benzene rings is 2. The van der Waals surface area contributed by atoms with Crippen molar-refractivity contribution in [3.8, 4) is 0 Å². The lowest BCUT2D eigenvalue weighted by atomic mass is 10.1. The van der Waals surface area contributed by atoms with Gasteiger partial charge >= 0.3 is 12.0 Å². The van der Waals surface area contributed by atoms with E-state index in [0.29, 0.717) is 18.7 Å². The van der Waals surface area contributed by atoms with E-state index in [0.717, 1.165) is 22.2 Å². The molecule has 0 spiro atoms. The molecule has 0 radical (unpaired) electrons. The fourth-order valence-corrected chi connectivity index (χ4v) is 2.86. The van der Waals surface area contributed by atoms with E-state index in [2.05, 4.69) is 15.4 Å². The second-order valence-electron chi connectivity index (χ2n) is 4.85. The Morgan fingerprint density at radius 2 is 1.87 bits per heavy atom. The number of hydrogen-bond donors (Lipinski definition) is 2. The number of amides is 2. The summed E-state index contributed by atoms with van der Waals surface area (Å²) >= 11 is 1.60. The quantitative estimate of drug-likeness (QED) is 0.603. The van der Waals surface area contributed by atoms with Gasteiger partial charge in [0, 0.05) is 23.4 Å². The molecule has 0 bridgehead atoms. The summed E-state index contributed by atoms with van der Waals surface area (Å²) in [6.07, 6.45) is 0.392. The maximum atomic E-state index is 11.9. The molecule has 0 aliphatic rings. The summed E-state index contributed by atoms with van der Waals surface area (Å²) in [7, 11) is 1.38. The monoisotopic (exact) mass is 332 g/mol. The molecule has 2 aromatic rings. The molecule has 0 atom stereocenters. The summed E-state index contributed by atoms with van der Waals surface area (Å²) in [4.78, 5) is 22.9. The summed E-state index contributed by atoms with van der Waals surface area (Å²) in [6.45, 7) is 0.544. The van der Waals surface area contributed by atoms with Gasteiger partial charge in [-0.25, -0.2) is 4.79 Å². The van der Waals surface area contributed by atoms with Gasteiger partial charge in [0.1, 0.15) is 0 Å². The molecule has 0 fully saturated rings. The average molecular weight is 332 g/mol. The highest BCUT2D eigenvalue weighted by molar-refractivity contribution is 7.99. The number of hydrogen-bond acceptors (Lipinski definition) is 4. The molecule has 0 saturated carbocycles. The number of thioether (sulfide) groups is 1. The first-order valence-electron chi connectivity index (χ1n) is 7.38. The molecule has 2 aromatic carbocycles. The van der Waals surface area contributed by atoms with Crippen LogP contribution in [-0.4, -0.2) is 37.2 Å². The smallest absolute Gasteiger partial charge is 0.319 e. The molecule has 0 unspecified atom stereocenters. The van der Waals surface area contributed by atoms with Crippen molar-refractivity contribution in [3.63, 3.8) is 0 Å². The Bertz CT molecular complexity index is 670. The van der Waals surface area contributed by atoms with Crippen LogP contribution < -0.4 is 10.6 Å². The zero-order valence-electron chi connectivity index (χ0n) is 13.0. The molecule has 122 valence electrons. The van der Waals surface area contributed by atoms with Gasteiger partial charge in [0.25, 0.3) is 0 Å². The third-order valence-corrected chi connectivity index (χ3v) is 4.23. The molecule has 0 saturated heterocycles. The highest BCUT2D eigenvalue weighted by atomic mass is 32.2. The van der Waals surface area contributed by atoms with Gasteiger partial charge in [-0.05, 0) is 11.5 Å². The van der Waals surface area contributed by atoms with E-state index in [4.69, 9.17) is 0 Å². The minimum atomic E-state index is -0.227. The van der Waals surface area contributed by atoms with Gasteiger partial charge in [-0.1, -0.05) is 36.4 Å². The van der Waals surface area contributed by atoms with E-state index in [1.54, 1.807) is 11.8 Å². The number of methoxy groups -OCH3 is 1. The summed E-state index contributed by atoms with van der Waals surface area (Å²) in [6, 6.07) is 13.5. The van der Waals surface area contributed by atoms with E-state index in [1.807, 2.05) is 42.5 Å². The van der Waals surface area contributed by atoms with Crippen LogP contribution in [0.1, 0.15) is 6.42 Å². The van der Waals surface area contributed by atoms with Gasteiger partial charge in [0.15, 0.2) is 0 Å². The molecule has 23 heavy (non-hydrogen) atoms. The first kappa shape index (κ1) is 17.1. The van der Waals surface area contributed by atoms with Crippen molar-refractivity contribution in [2.45, 2.75) is 6.42 Å².